The van der Waals surface area contributed by atoms with Crippen molar-refractivity contribution in [2.45, 2.75) is 185 Å². The van der Waals surface area contributed by atoms with Crippen LogP contribution in [0.5, 0.6) is 0 Å². The van der Waals surface area contributed by atoms with E-state index in [9.17, 15) is 5.11 Å². The summed E-state index contributed by atoms with van der Waals surface area (Å²) in [6, 6.07) is 0. The third-order valence-electron chi connectivity index (χ3n) is 9.96. The zero-order valence-corrected chi connectivity index (χ0v) is 22.5. The molecule has 1 N–H and O–H groups in total. The van der Waals surface area contributed by atoms with E-state index in [-0.39, 0.29) is 5.60 Å². The highest BCUT2D eigenvalue weighted by Gasteiger charge is 2.43. The van der Waals surface area contributed by atoms with Gasteiger partial charge in [0.1, 0.15) is 0 Å². The van der Waals surface area contributed by atoms with Gasteiger partial charge in [-0.2, -0.15) is 0 Å². The summed E-state index contributed by atoms with van der Waals surface area (Å²) >= 11 is 0. The summed E-state index contributed by atoms with van der Waals surface area (Å²) in [5.41, 5.74) is -0.382. The molecule has 33 heavy (non-hydrogen) atoms. The molecule has 3 aliphatic rings. The number of hydrogen-bond acceptors (Lipinski definition) is 1. The van der Waals surface area contributed by atoms with Crippen molar-refractivity contribution in [1.82, 2.24) is 0 Å². The largest absolute Gasteiger partial charge is 0.389 e. The second kappa shape index (κ2) is 16.6. The standard InChI is InChI=1S/C32H60O/c33-32(30-24-18-12-6-2-7-13-19-25-30,31-26-20-14-8-3-9-15-21-27-31)28-29-22-16-10-4-1-5-11-17-23-29/h29-31,33H,1-28H2. The van der Waals surface area contributed by atoms with Gasteiger partial charge in [0.05, 0.1) is 5.60 Å². The fraction of sp³-hybridized carbons (Fsp3) is 1.00. The maximum absolute atomic E-state index is 12.9. The van der Waals surface area contributed by atoms with Gasteiger partial charge in [0.25, 0.3) is 0 Å². The zero-order chi connectivity index (χ0) is 23.0. The normalized spacial score (nSPS) is 26.5. The summed E-state index contributed by atoms with van der Waals surface area (Å²) in [6.07, 6.45) is 38.9. The Balaban J connectivity index is 1.76. The van der Waals surface area contributed by atoms with Gasteiger partial charge in [0.2, 0.25) is 0 Å². The van der Waals surface area contributed by atoms with E-state index in [4.69, 9.17) is 0 Å². The average Bonchev–Trinajstić information content (AvgIpc) is 2.84. The lowest BCUT2D eigenvalue weighted by Crippen LogP contribution is -2.47. The molecule has 0 atom stereocenters. The van der Waals surface area contributed by atoms with E-state index in [1.165, 1.54) is 173 Å². The molecule has 0 aromatic heterocycles. The van der Waals surface area contributed by atoms with E-state index in [0.29, 0.717) is 11.8 Å². The molecule has 0 spiro atoms. The fourth-order valence-corrected chi connectivity index (χ4v) is 7.85. The van der Waals surface area contributed by atoms with Crippen molar-refractivity contribution < 1.29 is 5.11 Å². The first-order chi connectivity index (χ1) is 16.3. The highest BCUT2D eigenvalue weighted by molar-refractivity contribution is 4.95. The molecule has 194 valence electrons. The zero-order valence-electron chi connectivity index (χ0n) is 22.5. The Hall–Kier alpha value is -0.0400. The number of aliphatic hydroxyl groups is 1. The molecule has 0 bridgehead atoms. The molecule has 0 aromatic rings. The van der Waals surface area contributed by atoms with E-state index in [0.717, 1.165) is 12.3 Å². The molecule has 0 aromatic carbocycles. The summed E-state index contributed by atoms with van der Waals surface area (Å²) in [5.74, 6) is 1.91. The van der Waals surface area contributed by atoms with Gasteiger partial charge in [-0.15, -0.1) is 0 Å². The van der Waals surface area contributed by atoms with Crippen LogP contribution in [0.2, 0.25) is 0 Å². The second-order valence-corrected chi connectivity index (χ2v) is 12.6. The van der Waals surface area contributed by atoms with E-state index in [1.54, 1.807) is 0 Å². The van der Waals surface area contributed by atoms with Crippen LogP contribution >= 0.6 is 0 Å². The van der Waals surface area contributed by atoms with Crippen LogP contribution in [-0.2, 0) is 0 Å². The van der Waals surface area contributed by atoms with Crippen LogP contribution in [0.15, 0.2) is 0 Å². The second-order valence-electron chi connectivity index (χ2n) is 12.6. The fourth-order valence-electron chi connectivity index (χ4n) is 7.85. The van der Waals surface area contributed by atoms with Gasteiger partial charge in [-0.1, -0.05) is 148 Å². The predicted molar refractivity (Wildman–Crippen MR) is 145 cm³/mol. The molecule has 3 fully saturated rings. The Morgan fingerprint density at radius 2 is 0.606 bits per heavy atom. The molecule has 0 amide bonds. The van der Waals surface area contributed by atoms with Crippen LogP contribution < -0.4 is 0 Å². The van der Waals surface area contributed by atoms with Gasteiger partial charge >= 0.3 is 0 Å². The molecule has 1 nitrogen and oxygen atoms in total. The summed E-state index contributed by atoms with van der Waals surface area (Å²) in [6.45, 7) is 0. The quantitative estimate of drug-likeness (QED) is 0.442. The Labute approximate surface area is 208 Å². The SMILES string of the molecule is OC(CC1CCCCCCCCC1)(C1CCCCCCCCC1)C1CCCCCCCCC1. The predicted octanol–water partition coefficient (Wildman–Crippen LogP) is 10.5. The van der Waals surface area contributed by atoms with Gasteiger partial charge in [-0.05, 0) is 49.9 Å². The van der Waals surface area contributed by atoms with Crippen LogP contribution in [0, 0.1) is 17.8 Å². The third-order valence-corrected chi connectivity index (χ3v) is 9.96. The minimum atomic E-state index is -0.382. The highest BCUT2D eigenvalue weighted by atomic mass is 16.3. The summed E-state index contributed by atoms with van der Waals surface area (Å²) < 4.78 is 0. The Bertz CT molecular complexity index is 415. The van der Waals surface area contributed by atoms with Crippen molar-refractivity contribution in [1.29, 1.82) is 0 Å². The molecular weight excluding hydrogens is 400 g/mol. The molecule has 0 heterocycles. The Morgan fingerprint density at radius 3 is 0.909 bits per heavy atom. The highest BCUT2D eigenvalue weighted by Crippen LogP contribution is 2.45. The summed E-state index contributed by atoms with van der Waals surface area (Å²) in [7, 11) is 0. The lowest BCUT2D eigenvalue weighted by molar-refractivity contribution is -0.102. The van der Waals surface area contributed by atoms with Crippen LogP contribution in [0.4, 0.5) is 0 Å². The first-order valence-corrected chi connectivity index (χ1v) is 16.0. The van der Waals surface area contributed by atoms with Crippen LogP contribution in [0.3, 0.4) is 0 Å². The topological polar surface area (TPSA) is 20.2 Å². The van der Waals surface area contributed by atoms with Crippen molar-refractivity contribution in [3.8, 4) is 0 Å². The maximum Gasteiger partial charge on any atom is 0.0706 e. The summed E-state index contributed by atoms with van der Waals surface area (Å²) in [4.78, 5) is 0. The van der Waals surface area contributed by atoms with Crippen molar-refractivity contribution in [2.24, 2.45) is 17.8 Å². The minimum Gasteiger partial charge on any atom is -0.389 e. The van der Waals surface area contributed by atoms with Gasteiger partial charge in [-0.25, -0.2) is 0 Å². The molecule has 3 saturated carbocycles. The minimum absolute atomic E-state index is 0.382. The van der Waals surface area contributed by atoms with E-state index in [1.807, 2.05) is 0 Å². The van der Waals surface area contributed by atoms with Crippen molar-refractivity contribution in [3.05, 3.63) is 0 Å². The summed E-state index contributed by atoms with van der Waals surface area (Å²) in [5, 5.41) is 12.9. The van der Waals surface area contributed by atoms with Crippen molar-refractivity contribution >= 4 is 0 Å². The van der Waals surface area contributed by atoms with E-state index >= 15 is 0 Å². The van der Waals surface area contributed by atoms with Crippen LogP contribution in [0.25, 0.3) is 0 Å². The van der Waals surface area contributed by atoms with Crippen LogP contribution in [0.1, 0.15) is 180 Å². The molecular formula is C32H60O. The van der Waals surface area contributed by atoms with Gasteiger partial charge in [0.15, 0.2) is 0 Å². The van der Waals surface area contributed by atoms with Gasteiger partial charge in [-0.3, -0.25) is 0 Å². The Kier molecular flexibility index (Phi) is 13.9. The molecule has 3 aliphatic carbocycles. The van der Waals surface area contributed by atoms with Crippen molar-refractivity contribution in [3.63, 3.8) is 0 Å². The molecule has 1 heteroatoms. The van der Waals surface area contributed by atoms with E-state index in [2.05, 4.69) is 0 Å². The maximum atomic E-state index is 12.9. The average molecular weight is 461 g/mol. The van der Waals surface area contributed by atoms with Crippen LogP contribution in [-0.4, -0.2) is 10.7 Å². The third kappa shape index (κ3) is 10.2. The van der Waals surface area contributed by atoms with E-state index < -0.39 is 0 Å². The number of rotatable bonds is 4. The van der Waals surface area contributed by atoms with Gasteiger partial charge < -0.3 is 5.11 Å². The molecule has 0 radical (unpaired) electrons. The van der Waals surface area contributed by atoms with Gasteiger partial charge in [0, 0.05) is 0 Å². The molecule has 3 rings (SSSR count). The first-order valence-electron chi connectivity index (χ1n) is 16.0. The molecule has 0 aliphatic heterocycles. The lowest BCUT2D eigenvalue weighted by atomic mass is 9.64. The lowest BCUT2D eigenvalue weighted by Gasteiger charge is -2.46. The molecule has 0 saturated heterocycles. The number of hydrogen-bond donors (Lipinski definition) is 1. The molecule has 0 unspecified atom stereocenters. The monoisotopic (exact) mass is 460 g/mol. The smallest absolute Gasteiger partial charge is 0.0706 e. The Morgan fingerprint density at radius 1 is 0.364 bits per heavy atom. The van der Waals surface area contributed by atoms with Crippen molar-refractivity contribution in [2.75, 3.05) is 0 Å². The first kappa shape index (κ1) is 27.5.